The van der Waals surface area contributed by atoms with E-state index in [-0.39, 0.29) is 0 Å². The Morgan fingerprint density at radius 1 is 1.86 bits per heavy atom. The van der Waals surface area contributed by atoms with Crippen LogP contribution in [0.1, 0.15) is 6.92 Å². The molecule has 1 N–H and O–H groups in total. The van der Waals surface area contributed by atoms with Gasteiger partial charge in [0.05, 0.1) is 7.05 Å². The summed E-state index contributed by atoms with van der Waals surface area (Å²) >= 11 is 0. The molecule has 2 heteroatoms. The highest BCUT2D eigenvalue weighted by molar-refractivity contribution is 5.49. The predicted molar refractivity (Wildman–Crippen MR) is 29.7 cm³/mol. The molecule has 0 spiro atoms. The number of hydrogen-bond donors (Lipinski definition) is 1. The fraction of sp³-hybridized carbons (Fsp3) is 0.800. The first-order chi connectivity index (χ1) is 3.30. The first-order valence-corrected chi connectivity index (χ1v) is 2.59. The third kappa shape index (κ3) is 0.734. The molecule has 7 heavy (non-hydrogen) atoms. The largest absolute Gasteiger partial charge is 0.277 e. The summed E-state index contributed by atoms with van der Waals surface area (Å²) in [5, 5.41) is 3.12. The summed E-state index contributed by atoms with van der Waals surface area (Å²) in [6.07, 6.45) is 2.00. The van der Waals surface area contributed by atoms with Crippen molar-refractivity contribution in [3.8, 4) is 0 Å². The van der Waals surface area contributed by atoms with Crippen molar-refractivity contribution in [2.24, 2.45) is 0 Å². The molecule has 0 amide bonds. The van der Waals surface area contributed by atoms with Gasteiger partial charge in [-0.05, 0) is 6.92 Å². The number of hydrogen-bond acceptors (Lipinski definition) is 1. The van der Waals surface area contributed by atoms with Crippen molar-refractivity contribution in [2.45, 2.75) is 13.0 Å². The molecule has 1 aliphatic rings. The maximum atomic E-state index is 3.12. The van der Waals surface area contributed by atoms with E-state index in [9.17, 15) is 0 Å². The molecule has 0 fully saturated rings. The second-order valence-corrected chi connectivity index (χ2v) is 2.05. The first-order valence-electron chi connectivity index (χ1n) is 2.59. The summed E-state index contributed by atoms with van der Waals surface area (Å²) in [6.45, 7) is 3.28. The quantitative estimate of drug-likeness (QED) is 0.410. The fourth-order valence-corrected chi connectivity index (χ4v) is 0.638. The van der Waals surface area contributed by atoms with E-state index in [1.807, 2.05) is 6.34 Å². The van der Waals surface area contributed by atoms with E-state index in [1.165, 1.54) is 0 Å². The van der Waals surface area contributed by atoms with E-state index in [0.717, 1.165) is 6.54 Å². The zero-order valence-electron chi connectivity index (χ0n) is 4.81. The van der Waals surface area contributed by atoms with Gasteiger partial charge in [-0.2, -0.15) is 0 Å². The Morgan fingerprint density at radius 2 is 2.57 bits per heavy atom. The molecule has 0 saturated carbocycles. The normalized spacial score (nSPS) is 29.4. The van der Waals surface area contributed by atoms with Crippen molar-refractivity contribution in [3.05, 3.63) is 0 Å². The van der Waals surface area contributed by atoms with Crippen LogP contribution < -0.4 is 5.32 Å². The molecule has 40 valence electrons. The van der Waals surface area contributed by atoms with Crippen LogP contribution in [0.3, 0.4) is 0 Å². The average molecular weight is 99.2 g/mol. The van der Waals surface area contributed by atoms with E-state index in [4.69, 9.17) is 0 Å². The van der Waals surface area contributed by atoms with Gasteiger partial charge in [-0.3, -0.25) is 9.89 Å². The third-order valence-corrected chi connectivity index (χ3v) is 1.40. The highest BCUT2D eigenvalue weighted by Crippen LogP contribution is 1.86. The molecular formula is C5H11N2+. The standard InChI is InChI=1S/C5H10N2/c1-5-3-6-4-7(5)2/h4-5H,3H2,1-2H3/p+1. The summed E-state index contributed by atoms with van der Waals surface area (Å²) in [6, 6.07) is 0.681. The van der Waals surface area contributed by atoms with Crippen LogP contribution in [-0.2, 0) is 0 Å². The lowest BCUT2D eigenvalue weighted by Gasteiger charge is -1.95. The third-order valence-electron chi connectivity index (χ3n) is 1.40. The second-order valence-electron chi connectivity index (χ2n) is 2.05. The minimum atomic E-state index is 0.681. The Bertz CT molecular complexity index is 96.3. The van der Waals surface area contributed by atoms with Gasteiger partial charge < -0.3 is 0 Å². The van der Waals surface area contributed by atoms with Gasteiger partial charge >= 0.3 is 0 Å². The molecule has 0 aromatic heterocycles. The molecule has 2 nitrogen and oxygen atoms in total. The smallest absolute Gasteiger partial charge is 0.232 e. The molecule has 1 aliphatic heterocycles. The van der Waals surface area contributed by atoms with Gasteiger partial charge in [0.15, 0.2) is 0 Å². The topological polar surface area (TPSA) is 15.0 Å². The monoisotopic (exact) mass is 99.1 g/mol. The number of nitrogens with zero attached hydrogens (tertiary/aromatic N) is 1. The molecule has 0 aromatic rings. The van der Waals surface area contributed by atoms with Gasteiger partial charge in [-0.15, -0.1) is 0 Å². The van der Waals surface area contributed by atoms with Crippen LogP contribution in [0.2, 0.25) is 0 Å². The highest BCUT2D eigenvalue weighted by Gasteiger charge is 2.13. The molecule has 1 unspecified atom stereocenters. The van der Waals surface area contributed by atoms with Crippen LogP contribution in [0, 0.1) is 0 Å². The maximum absolute atomic E-state index is 3.12. The van der Waals surface area contributed by atoms with E-state index < -0.39 is 0 Å². The highest BCUT2D eigenvalue weighted by atomic mass is 15.2. The molecule has 0 aromatic carbocycles. The van der Waals surface area contributed by atoms with E-state index in [2.05, 4.69) is 23.9 Å². The summed E-state index contributed by atoms with van der Waals surface area (Å²) in [7, 11) is 2.07. The van der Waals surface area contributed by atoms with Gasteiger partial charge in [-0.1, -0.05) is 0 Å². The Morgan fingerprint density at radius 3 is 2.71 bits per heavy atom. The van der Waals surface area contributed by atoms with Crippen LogP contribution in [0.5, 0.6) is 0 Å². The van der Waals surface area contributed by atoms with Crippen molar-refractivity contribution < 1.29 is 4.58 Å². The minimum Gasteiger partial charge on any atom is -0.277 e. The van der Waals surface area contributed by atoms with Crippen molar-refractivity contribution in [3.63, 3.8) is 0 Å². The molecule has 0 aliphatic carbocycles. The van der Waals surface area contributed by atoms with Crippen LogP contribution >= 0.6 is 0 Å². The van der Waals surface area contributed by atoms with Crippen molar-refractivity contribution in [1.82, 2.24) is 5.32 Å². The van der Waals surface area contributed by atoms with Crippen molar-refractivity contribution >= 4 is 6.34 Å². The van der Waals surface area contributed by atoms with Crippen LogP contribution in [0.15, 0.2) is 0 Å². The summed E-state index contributed by atoms with van der Waals surface area (Å²) in [5.41, 5.74) is 0. The zero-order valence-corrected chi connectivity index (χ0v) is 4.81. The van der Waals surface area contributed by atoms with Gasteiger partial charge in [0, 0.05) is 0 Å². The molecule has 0 bridgehead atoms. The fourth-order valence-electron chi connectivity index (χ4n) is 0.638. The molecule has 0 radical (unpaired) electrons. The lowest BCUT2D eigenvalue weighted by molar-refractivity contribution is -0.518. The van der Waals surface area contributed by atoms with Crippen molar-refractivity contribution in [1.29, 1.82) is 0 Å². The molecule has 1 atom stereocenters. The Balaban J connectivity index is 2.54. The van der Waals surface area contributed by atoms with Crippen LogP contribution in [0.4, 0.5) is 0 Å². The SMILES string of the molecule is CC1CNC=[N+]1C. The summed E-state index contributed by atoms with van der Waals surface area (Å²) in [5.74, 6) is 0. The van der Waals surface area contributed by atoms with Gasteiger partial charge in [0.25, 0.3) is 0 Å². The molecule has 1 heterocycles. The first kappa shape index (κ1) is 4.62. The molecular weight excluding hydrogens is 88.1 g/mol. The Kier molecular flexibility index (Phi) is 1.01. The molecule has 0 saturated heterocycles. The number of nitrogens with one attached hydrogen (secondary N) is 1. The van der Waals surface area contributed by atoms with E-state index in [0.29, 0.717) is 6.04 Å². The van der Waals surface area contributed by atoms with Gasteiger partial charge in [-0.25, -0.2) is 0 Å². The minimum absolute atomic E-state index is 0.681. The zero-order chi connectivity index (χ0) is 5.28. The number of rotatable bonds is 0. The lowest BCUT2D eigenvalue weighted by Crippen LogP contribution is -2.17. The lowest BCUT2D eigenvalue weighted by atomic mass is 10.4. The van der Waals surface area contributed by atoms with Crippen LogP contribution in [0.25, 0.3) is 0 Å². The predicted octanol–water partition coefficient (Wildman–Crippen LogP) is -0.351. The summed E-state index contributed by atoms with van der Waals surface area (Å²) in [4.78, 5) is 0. The van der Waals surface area contributed by atoms with E-state index >= 15 is 0 Å². The van der Waals surface area contributed by atoms with Crippen molar-refractivity contribution in [2.75, 3.05) is 13.6 Å². The second kappa shape index (κ2) is 1.52. The van der Waals surface area contributed by atoms with Gasteiger partial charge in [0.1, 0.15) is 12.6 Å². The average Bonchev–Trinajstić information content (AvgIpc) is 1.91. The summed E-state index contributed by atoms with van der Waals surface area (Å²) < 4.78 is 2.17. The Hall–Kier alpha value is -0.530. The van der Waals surface area contributed by atoms with Gasteiger partial charge in [0.2, 0.25) is 6.34 Å². The maximum Gasteiger partial charge on any atom is 0.232 e. The Labute approximate surface area is 43.8 Å². The van der Waals surface area contributed by atoms with E-state index in [1.54, 1.807) is 0 Å². The van der Waals surface area contributed by atoms with Crippen LogP contribution in [-0.4, -0.2) is 30.5 Å². The number of likely N-dealkylation sites (N-methyl/N-ethyl adjacent to an activating group) is 1. The molecule has 1 rings (SSSR count).